The second-order valence-corrected chi connectivity index (χ2v) is 4.32. The molecule has 0 atom stereocenters. The lowest BCUT2D eigenvalue weighted by Gasteiger charge is -2.09. The van der Waals surface area contributed by atoms with Gasteiger partial charge in [0.25, 0.3) is 5.56 Å². The number of nitrogens with one attached hydrogen (secondary N) is 1. The molecule has 1 aromatic rings. The zero-order valence-corrected chi connectivity index (χ0v) is 11.2. The molecule has 0 aliphatic carbocycles. The molecule has 3 N–H and O–H groups in total. The van der Waals surface area contributed by atoms with Crippen LogP contribution in [0.15, 0.2) is 4.79 Å². The molecule has 0 amide bonds. The van der Waals surface area contributed by atoms with Crippen molar-refractivity contribution >= 4 is 5.82 Å². The largest absolute Gasteiger partial charge is 0.383 e. The van der Waals surface area contributed by atoms with E-state index in [1.807, 2.05) is 13.8 Å². The molecule has 0 spiro atoms. The van der Waals surface area contributed by atoms with Crippen molar-refractivity contribution in [3.8, 4) is 0 Å². The average molecular weight is 255 g/mol. The summed E-state index contributed by atoms with van der Waals surface area (Å²) >= 11 is 0. The molecule has 6 nitrogen and oxygen atoms in total. The van der Waals surface area contributed by atoms with E-state index >= 15 is 0 Å². The molecule has 0 bridgehead atoms. The van der Waals surface area contributed by atoms with Crippen LogP contribution in [0.3, 0.4) is 0 Å². The van der Waals surface area contributed by atoms with Crippen LogP contribution in [0, 0.1) is 0 Å². The van der Waals surface area contributed by atoms with Crippen molar-refractivity contribution in [2.24, 2.45) is 0 Å². The van der Waals surface area contributed by atoms with E-state index in [9.17, 15) is 4.79 Å². The summed E-state index contributed by atoms with van der Waals surface area (Å²) in [4.78, 5) is 18.7. The van der Waals surface area contributed by atoms with Gasteiger partial charge in [-0.2, -0.15) is 0 Å². The summed E-state index contributed by atoms with van der Waals surface area (Å²) in [7, 11) is 1.62. The van der Waals surface area contributed by atoms with Crippen molar-refractivity contribution in [3.05, 3.63) is 21.7 Å². The first-order valence-electron chi connectivity index (χ1n) is 6.01. The maximum atomic E-state index is 11.8. The molecule has 0 aromatic carbocycles. The van der Waals surface area contributed by atoms with Gasteiger partial charge in [-0.05, 0) is 5.92 Å². The van der Waals surface area contributed by atoms with Crippen LogP contribution < -0.4 is 11.3 Å². The Bertz CT molecular complexity index is 429. The zero-order valence-electron chi connectivity index (χ0n) is 11.2. The Balaban J connectivity index is 2.61. The van der Waals surface area contributed by atoms with Crippen LogP contribution in [0.2, 0.25) is 0 Å². The van der Waals surface area contributed by atoms with E-state index < -0.39 is 0 Å². The number of H-pyrrole nitrogens is 1. The number of rotatable bonds is 7. The maximum Gasteiger partial charge on any atom is 0.256 e. The van der Waals surface area contributed by atoms with Crippen LogP contribution in [0.25, 0.3) is 0 Å². The molecule has 0 saturated heterocycles. The van der Waals surface area contributed by atoms with Crippen molar-refractivity contribution in [3.63, 3.8) is 0 Å². The van der Waals surface area contributed by atoms with E-state index in [-0.39, 0.29) is 11.5 Å². The number of aromatic amines is 1. The van der Waals surface area contributed by atoms with Crippen LogP contribution in [-0.4, -0.2) is 36.9 Å². The molecule has 6 heteroatoms. The van der Waals surface area contributed by atoms with E-state index in [2.05, 4.69) is 9.97 Å². The van der Waals surface area contributed by atoms with Crippen LogP contribution in [0.5, 0.6) is 0 Å². The van der Waals surface area contributed by atoms with Gasteiger partial charge >= 0.3 is 0 Å². The van der Waals surface area contributed by atoms with Gasteiger partial charge in [-0.15, -0.1) is 0 Å². The standard InChI is InChI=1S/C12H21N3O3/c1-8(2)10-11(13)14-9(15-12(10)16)4-5-18-7-6-17-3/h8H,4-7H2,1-3H3,(H3,13,14,15,16). The molecule has 0 aliphatic rings. The number of anilines is 1. The zero-order chi connectivity index (χ0) is 13.5. The smallest absolute Gasteiger partial charge is 0.256 e. The first-order chi connectivity index (χ1) is 8.56. The van der Waals surface area contributed by atoms with E-state index in [0.717, 1.165) is 0 Å². The Morgan fingerprint density at radius 2 is 2.06 bits per heavy atom. The van der Waals surface area contributed by atoms with Crippen molar-refractivity contribution < 1.29 is 9.47 Å². The van der Waals surface area contributed by atoms with E-state index in [1.54, 1.807) is 7.11 Å². The third-order valence-electron chi connectivity index (χ3n) is 2.53. The fourth-order valence-electron chi connectivity index (χ4n) is 1.64. The first kappa shape index (κ1) is 14.7. The SMILES string of the molecule is COCCOCCc1nc(N)c(C(C)C)c(=O)[nH]1. The second kappa shape index (κ2) is 7.13. The minimum Gasteiger partial charge on any atom is -0.383 e. The monoisotopic (exact) mass is 255 g/mol. The van der Waals surface area contributed by atoms with E-state index in [0.29, 0.717) is 43.4 Å². The lowest BCUT2D eigenvalue weighted by molar-refractivity contribution is 0.0716. The highest BCUT2D eigenvalue weighted by molar-refractivity contribution is 5.39. The fourth-order valence-corrected chi connectivity index (χ4v) is 1.64. The number of ether oxygens (including phenoxy) is 2. The predicted octanol–water partition coefficient (Wildman–Crippen LogP) is 0.681. The Hall–Kier alpha value is -1.40. The van der Waals surface area contributed by atoms with Crippen molar-refractivity contribution in [1.29, 1.82) is 0 Å². The number of methoxy groups -OCH3 is 1. The number of hydrogen-bond donors (Lipinski definition) is 2. The summed E-state index contributed by atoms with van der Waals surface area (Å²) < 4.78 is 10.2. The van der Waals surface area contributed by atoms with E-state index in [4.69, 9.17) is 15.2 Å². The fraction of sp³-hybridized carbons (Fsp3) is 0.667. The highest BCUT2D eigenvalue weighted by atomic mass is 16.5. The first-order valence-corrected chi connectivity index (χ1v) is 6.01. The Labute approximate surface area is 107 Å². The molecule has 1 rings (SSSR count). The third kappa shape index (κ3) is 4.12. The summed E-state index contributed by atoms with van der Waals surface area (Å²) in [6.07, 6.45) is 0.529. The van der Waals surface area contributed by atoms with Crippen LogP contribution >= 0.6 is 0 Å². The van der Waals surface area contributed by atoms with Crippen molar-refractivity contribution in [1.82, 2.24) is 9.97 Å². The molecular weight excluding hydrogens is 234 g/mol. The van der Waals surface area contributed by atoms with Gasteiger partial charge < -0.3 is 20.2 Å². The molecule has 0 radical (unpaired) electrons. The predicted molar refractivity (Wildman–Crippen MR) is 69.8 cm³/mol. The number of hydrogen-bond acceptors (Lipinski definition) is 5. The molecule has 1 heterocycles. The number of aromatic nitrogens is 2. The summed E-state index contributed by atoms with van der Waals surface area (Å²) in [6.45, 7) is 5.39. The summed E-state index contributed by atoms with van der Waals surface area (Å²) in [5, 5.41) is 0. The topological polar surface area (TPSA) is 90.2 Å². The molecule has 0 fully saturated rings. The minimum atomic E-state index is -0.163. The molecule has 18 heavy (non-hydrogen) atoms. The minimum absolute atomic E-state index is 0.0632. The number of nitrogens with zero attached hydrogens (tertiary/aromatic N) is 1. The van der Waals surface area contributed by atoms with Crippen molar-refractivity contribution in [2.45, 2.75) is 26.2 Å². The van der Waals surface area contributed by atoms with Crippen molar-refractivity contribution in [2.75, 3.05) is 32.7 Å². The Morgan fingerprint density at radius 1 is 1.33 bits per heavy atom. The Kier molecular flexibility index (Phi) is 5.80. The van der Waals surface area contributed by atoms with Crippen LogP contribution in [-0.2, 0) is 15.9 Å². The average Bonchev–Trinajstić information content (AvgIpc) is 2.27. The van der Waals surface area contributed by atoms with Gasteiger partial charge in [0.15, 0.2) is 0 Å². The number of nitrogen functional groups attached to an aromatic ring is 1. The quantitative estimate of drug-likeness (QED) is 0.699. The summed E-state index contributed by atoms with van der Waals surface area (Å²) in [6, 6.07) is 0. The summed E-state index contributed by atoms with van der Waals surface area (Å²) in [5.74, 6) is 0.924. The Morgan fingerprint density at radius 3 is 2.61 bits per heavy atom. The van der Waals surface area contributed by atoms with Crippen LogP contribution in [0.1, 0.15) is 31.2 Å². The third-order valence-corrected chi connectivity index (χ3v) is 2.53. The van der Waals surface area contributed by atoms with Gasteiger partial charge in [0.2, 0.25) is 0 Å². The lowest BCUT2D eigenvalue weighted by Crippen LogP contribution is -2.21. The normalized spacial score (nSPS) is 11.1. The highest BCUT2D eigenvalue weighted by Crippen LogP contribution is 2.14. The van der Waals surface area contributed by atoms with Gasteiger partial charge in [0.1, 0.15) is 11.6 Å². The highest BCUT2D eigenvalue weighted by Gasteiger charge is 2.12. The molecular formula is C12H21N3O3. The number of nitrogens with two attached hydrogens (primary N) is 1. The van der Waals surface area contributed by atoms with Gasteiger partial charge in [-0.1, -0.05) is 13.8 Å². The maximum absolute atomic E-state index is 11.8. The van der Waals surface area contributed by atoms with Crippen LogP contribution in [0.4, 0.5) is 5.82 Å². The van der Waals surface area contributed by atoms with E-state index in [1.165, 1.54) is 0 Å². The molecule has 102 valence electrons. The van der Waals surface area contributed by atoms with Gasteiger partial charge in [-0.3, -0.25) is 4.79 Å². The molecule has 0 unspecified atom stereocenters. The lowest BCUT2D eigenvalue weighted by atomic mass is 10.1. The summed E-state index contributed by atoms with van der Waals surface area (Å²) in [5.41, 5.74) is 6.16. The molecule has 1 aromatic heterocycles. The molecule has 0 aliphatic heterocycles. The van der Waals surface area contributed by atoms with Gasteiger partial charge in [-0.25, -0.2) is 4.98 Å². The van der Waals surface area contributed by atoms with Gasteiger partial charge in [0.05, 0.1) is 25.4 Å². The van der Waals surface area contributed by atoms with Gasteiger partial charge in [0, 0.05) is 13.5 Å². The second-order valence-electron chi connectivity index (χ2n) is 4.32. The molecule has 0 saturated carbocycles.